The number of nitrogens with zero attached hydrogens (tertiary/aromatic N) is 3. The lowest BCUT2D eigenvalue weighted by atomic mass is 9.96. The van der Waals surface area contributed by atoms with Crippen LogP contribution in [0, 0.1) is 5.92 Å². The Hall–Kier alpha value is -2.34. The Morgan fingerprint density at radius 2 is 2.12 bits per heavy atom. The molecule has 4 rings (SSSR count). The number of piperidine rings is 1. The van der Waals surface area contributed by atoms with E-state index in [2.05, 4.69) is 16.9 Å². The molecule has 2 aliphatic rings. The van der Waals surface area contributed by atoms with E-state index in [4.69, 9.17) is 8.83 Å². The van der Waals surface area contributed by atoms with Crippen LogP contribution in [0.25, 0.3) is 0 Å². The Balaban J connectivity index is 1.51. The van der Waals surface area contributed by atoms with E-state index in [1.54, 1.807) is 17.5 Å². The lowest BCUT2D eigenvalue weighted by Gasteiger charge is -2.32. The molecule has 2 aromatic rings. The van der Waals surface area contributed by atoms with Crippen LogP contribution in [-0.2, 0) is 4.79 Å². The summed E-state index contributed by atoms with van der Waals surface area (Å²) < 4.78 is 11.1. The van der Waals surface area contributed by atoms with E-state index >= 15 is 0 Å². The van der Waals surface area contributed by atoms with Crippen molar-refractivity contribution in [2.75, 3.05) is 19.6 Å². The number of rotatable bonds is 5. The summed E-state index contributed by atoms with van der Waals surface area (Å²) >= 11 is 0. The minimum Gasteiger partial charge on any atom is -0.467 e. The van der Waals surface area contributed by atoms with Gasteiger partial charge in [-0.15, -0.1) is 0 Å². The van der Waals surface area contributed by atoms with Crippen LogP contribution in [0.2, 0.25) is 0 Å². The van der Waals surface area contributed by atoms with Gasteiger partial charge >= 0.3 is 0 Å². The highest BCUT2D eigenvalue weighted by Gasteiger charge is 2.36. The standard InChI is InChI=1S/C20H25N3O3/c1-2-15-6-3-9-22(13-15)14-20(24)23-17(19-8-5-11-26-19)12-16(21-23)18-7-4-10-25-18/h4-5,7-8,10-11,15,17H,2-3,6,9,12-14H2,1H3. The van der Waals surface area contributed by atoms with E-state index in [0.29, 0.717) is 24.6 Å². The fourth-order valence-electron chi connectivity index (χ4n) is 3.93. The first-order chi connectivity index (χ1) is 12.7. The summed E-state index contributed by atoms with van der Waals surface area (Å²) in [5.41, 5.74) is 0.787. The number of hydrogen-bond donors (Lipinski definition) is 0. The zero-order valence-corrected chi connectivity index (χ0v) is 15.1. The Bertz CT molecular complexity index is 751. The van der Waals surface area contributed by atoms with E-state index in [0.717, 1.165) is 31.0 Å². The lowest BCUT2D eigenvalue weighted by molar-refractivity contribution is -0.135. The number of hydrogen-bond acceptors (Lipinski definition) is 5. The second kappa shape index (κ2) is 7.50. The Kier molecular flexibility index (Phi) is 4.93. The smallest absolute Gasteiger partial charge is 0.257 e. The quantitative estimate of drug-likeness (QED) is 0.821. The third-order valence-electron chi connectivity index (χ3n) is 5.38. The minimum atomic E-state index is -0.204. The Morgan fingerprint density at radius 3 is 2.85 bits per heavy atom. The molecule has 2 aliphatic heterocycles. The van der Waals surface area contributed by atoms with Gasteiger partial charge in [-0.3, -0.25) is 9.69 Å². The summed E-state index contributed by atoms with van der Waals surface area (Å²) in [5.74, 6) is 2.18. The second-order valence-electron chi connectivity index (χ2n) is 7.15. The number of furan rings is 2. The van der Waals surface area contributed by atoms with Crippen molar-refractivity contribution < 1.29 is 13.6 Å². The molecule has 0 radical (unpaired) electrons. The largest absolute Gasteiger partial charge is 0.467 e. The summed E-state index contributed by atoms with van der Waals surface area (Å²) in [6.45, 7) is 4.61. The maximum absolute atomic E-state index is 13.0. The minimum absolute atomic E-state index is 0.0182. The van der Waals surface area contributed by atoms with Gasteiger partial charge in [0.15, 0.2) is 0 Å². The third kappa shape index (κ3) is 3.46. The number of amides is 1. The van der Waals surface area contributed by atoms with Crippen LogP contribution in [0.5, 0.6) is 0 Å². The van der Waals surface area contributed by atoms with Crippen molar-refractivity contribution in [1.82, 2.24) is 9.91 Å². The fourth-order valence-corrected chi connectivity index (χ4v) is 3.93. The van der Waals surface area contributed by atoms with Crippen molar-refractivity contribution in [3.63, 3.8) is 0 Å². The van der Waals surface area contributed by atoms with Crippen molar-refractivity contribution in [1.29, 1.82) is 0 Å². The van der Waals surface area contributed by atoms with Gasteiger partial charge in [0.1, 0.15) is 23.3 Å². The molecule has 1 saturated heterocycles. The first-order valence-electron chi connectivity index (χ1n) is 9.43. The van der Waals surface area contributed by atoms with E-state index < -0.39 is 0 Å². The molecule has 1 amide bonds. The molecular formula is C20H25N3O3. The molecule has 0 spiro atoms. The molecule has 0 N–H and O–H groups in total. The van der Waals surface area contributed by atoms with Gasteiger partial charge in [-0.1, -0.05) is 13.3 Å². The molecule has 0 bridgehead atoms. The van der Waals surface area contributed by atoms with Crippen LogP contribution >= 0.6 is 0 Å². The normalized spacial score (nSPS) is 24.0. The van der Waals surface area contributed by atoms with Crippen molar-refractivity contribution in [2.24, 2.45) is 11.0 Å². The molecule has 2 unspecified atom stereocenters. The topological polar surface area (TPSA) is 62.2 Å². The van der Waals surface area contributed by atoms with Crippen molar-refractivity contribution >= 4 is 11.6 Å². The number of likely N-dealkylation sites (tertiary alicyclic amines) is 1. The number of carbonyl (C=O) groups excluding carboxylic acids is 1. The number of hydrazone groups is 1. The summed E-state index contributed by atoms with van der Waals surface area (Å²) in [4.78, 5) is 15.3. The second-order valence-corrected chi connectivity index (χ2v) is 7.15. The average molecular weight is 355 g/mol. The Labute approximate surface area is 153 Å². The van der Waals surface area contributed by atoms with Gasteiger partial charge in [0, 0.05) is 13.0 Å². The highest BCUT2D eigenvalue weighted by atomic mass is 16.3. The highest BCUT2D eigenvalue weighted by molar-refractivity contribution is 6.01. The van der Waals surface area contributed by atoms with Crippen molar-refractivity contribution in [2.45, 2.75) is 38.6 Å². The Morgan fingerprint density at radius 1 is 1.27 bits per heavy atom. The van der Waals surface area contributed by atoms with Crippen molar-refractivity contribution in [3.8, 4) is 0 Å². The molecule has 0 aromatic carbocycles. The average Bonchev–Trinajstić information content (AvgIpc) is 3.41. The summed E-state index contributed by atoms with van der Waals surface area (Å²) in [5, 5.41) is 6.18. The van der Waals surface area contributed by atoms with Gasteiger partial charge in [-0.2, -0.15) is 5.10 Å². The summed E-state index contributed by atoms with van der Waals surface area (Å²) in [6.07, 6.45) is 7.46. The molecule has 26 heavy (non-hydrogen) atoms. The van der Waals surface area contributed by atoms with Gasteiger partial charge in [-0.25, -0.2) is 5.01 Å². The highest BCUT2D eigenvalue weighted by Crippen LogP contribution is 2.33. The predicted octanol–water partition coefficient (Wildman–Crippen LogP) is 3.67. The monoisotopic (exact) mass is 355 g/mol. The van der Waals surface area contributed by atoms with Crippen LogP contribution in [0.1, 0.15) is 50.2 Å². The van der Waals surface area contributed by atoms with Crippen molar-refractivity contribution in [3.05, 3.63) is 48.3 Å². The van der Waals surface area contributed by atoms with Crippen LogP contribution in [0.4, 0.5) is 0 Å². The maximum Gasteiger partial charge on any atom is 0.257 e. The zero-order valence-electron chi connectivity index (χ0n) is 15.1. The fraction of sp³-hybridized carbons (Fsp3) is 0.500. The molecule has 0 saturated carbocycles. The molecule has 0 aliphatic carbocycles. The molecule has 138 valence electrons. The van der Waals surface area contributed by atoms with E-state index in [1.165, 1.54) is 12.8 Å². The lowest BCUT2D eigenvalue weighted by Crippen LogP contribution is -2.42. The van der Waals surface area contributed by atoms with Crippen LogP contribution in [0.3, 0.4) is 0 Å². The van der Waals surface area contributed by atoms with E-state index in [9.17, 15) is 4.79 Å². The zero-order chi connectivity index (χ0) is 17.9. The van der Waals surface area contributed by atoms with Gasteiger partial charge < -0.3 is 8.83 Å². The van der Waals surface area contributed by atoms with Crippen LogP contribution in [-0.4, -0.2) is 41.2 Å². The van der Waals surface area contributed by atoms with Gasteiger partial charge in [0.25, 0.3) is 5.91 Å². The molecule has 1 fully saturated rings. The maximum atomic E-state index is 13.0. The van der Waals surface area contributed by atoms with E-state index in [-0.39, 0.29) is 11.9 Å². The van der Waals surface area contributed by atoms with Crippen LogP contribution in [0.15, 0.2) is 50.7 Å². The first kappa shape index (κ1) is 17.1. The molecular weight excluding hydrogens is 330 g/mol. The SMILES string of the molecule is CCC1CCCN(CC(=O)N2N=C(c3ccco3)CC2c2ccco2)C1. The summed E-state index contributed by atoms with van der Waals surface area (Å²) in [7, 11) is 0. The molecule has 2 atom stereocenters. The van der Waals surface area contributed by atoms with E-state index in [1.807, 2.05) is 24.3 Å². The molecule has 6 heteroatoms. The van der Waals surface area contributed by atoms with Crippen LogP contribution < -0.4 is 0 Å². The summed E-state index contributed by atoms with van der Waals surface area (Å²) in [6, 6.07) is 7.26. The molecule has 6 nitrogen and oxygen atoms in total. The molecule has 2 aromatic heterocycles. The molecule has 4 heterocycles. The van der Waals surface area contributed by atoms with Gasteiger partial charge in [0.05, 0.1) is 19.1 Å². The van der Waals surface area contributed by atoms with Gasteiger partial charge in [-0.05, 0) is 49.6 Å². The van der Waals surface area contributed by atoms with Gasteiger partial charge in [0.2, 0.25) is 0 Å². The first-order valence-corrected chi connectivity index (χ1v) is 9.43. The predicted molar refractivity (Wildman–Crippen MR) is 97.6 cm³/mol. The third-order valence-corrected chi connectivity index (χ3v) is 5.38. The number of carbonyl (C=O) groups is 1.